The summed E-state index contributed by atoms with van der Waals surface area (Å²) in [5.74, 6) is -0.264. The third-order valence-corrected chi connectivity index (χ3v) is 5.21. The third kappa shape index (κ3) is 4.11. The molecule has 27 heavy (non-hydrogen) atoms. The predicted molar refractivity (Wildman–Crippen MR) is 104 cm³/mol. The molecule has 0 atom stereocenters. The highest BCUT2D eigenvalue weighted by atomic mass is 31.2. The van der Waals surface area contributed by atoms with Gasteiger partial charge >= 0.3 is 5.97 Å². The highest BCUT2D eigenvalue weighted by molar-refractivity contribution is 7.71. The molecule has 2 heterocycles. The van der Waals surface area contributed by atoms with Gasteiger partial charge in [0.25, 0.3) is 0 Å². The number of hydrogen-bond donors (Lipinski definition) is 1. The highest BCUT2D eigenvalue weighted by Gasteiger charge is 2.23. The first kappa shape index (κ1) is 18.9. The molecule has 0 amide bonds. The molecule has 0 bridgehead atoms. The first-order valence-corrected chi connectivity index (χ1v) is 10.9. The summed E-state index contributed by atoms with van der Waals surface area (Å²) in [6, 6.07) is 3.53. The molecule has 0 fully saturated rings. The molecule has 0 spiro atoms. The van der Waals surface area contributed by atoms with Crippen molar-refractivity contribution in [3.8, 4) is 0 Å². The lowest BCUT2D eigenvalue weighted by molar-refractivity contribution is 0.0378. The first-order chi connectivity index (χ1) is 12.8. The van der Waals surface area contributed by atoms with Gasteiger partial charge in [-0.15, -0.1) is 0 Å². The van der Waals surface area contributed by atoms with Gasteiger partial charge in [-0.1, -0.05) is 0 Å². The minimum absolute atomic E-state index is 0.193. The molecule has 0 aliphatic heterocycles. The number of anilines is 2. The molecular formula is C18H20N5O3P. The summed E-state index contributed by atoms with van der Waals surface area (Å²) in [5.41, 5.74) is 1.94. The van der Waals surface area contributed by atoms with E-state index in [1.54, 1.807) is 51.7 Å². The molecule has 0 saturated carbocycles. The maximum Gasteiger partial charge on any atom is 0.343 e. The maximum atomic E-state index is 13.0. The number of esters is 1. The van der Waals surface area contributed by atoms with Crippen molar-refractivity contribution < 1.29 is 14.1 Å². The predicted octanol–water partition coefficient (Wildman–Crippen LogP) is 2.98. The first-order valence-electron chi connectivity index (χ1n) is 8.34. The van der Waals surface area contributed by atoms with Crippen LogP contribution in [0.4, 0.5) is 11.5 Å². The van der Waals surface area contributed by atoms with E-state index in [1.165, 1.54) is 12.5 Å². The van der Waals surface area contributed by atoms with Crippen LogP contribution in [-0.4, -0.2) is 45.3 Å². The van der Waals surface area contributed by atoms with Gasteiger partial charge in [-0.05, 0) is 39.3 Å². The summed E-state index contributed by atoms with van der Waals surface area (Å²) in [7, 11) is -2.72. The van der Waals surface area contributed by atoms with Crippen LogP contribution in [0, 0.1) is 0 Å². The monoisotopic (exact) mass is 385 g/mol. The number of rotatable bonds is 5. The lowest BCUT2D eigenvalue weighted by Crippen LogP contribution is -2.17. The smallest absolute Gasteiger partial charge is 0.343 e. The second kappa shape index (κ2) is 7.40. The van der Waals surface area contributed by atoms with Crippen LogP contribution in [0.1, 0.15) is 24.2 Å². The Morgan fingerprint density at radius 2 is 1.89 bits per heavy atom. The van der Waals surface area contributed by atoms with Gasteiger partial charge in [0, 0.05) is 18.6 Å². The van der Waals surface area contributed by atoms with E-state index in [9.17, 15) is 9.36 Å². The van der Waals surface area contributed by atoms with Crippen molar-refractivity contribution in [2.75, 3.05) is 18.6 Å². The van der Waals surface area contributed by atoms with Crippen LogP contribution in [-0.2, 0) is 9.30 Å². The standard InChI is InChI=1S/C18H20N5O3P/c1-11(2)26-18(24)12-9-19-10-22-17(12)23-14-6-5-13-15(21-8-7-20-13)16(14)27(3,4)25/h5-11H,1-4H3,(H,19,22,23). The summed E-state index contributed by atoms with van der Waals surface area (Å²) < 4.78 is 18.2. The molecule has 0 aliphatic carbocycles. The Balaban J connectivity index is 2.11. The topological polar surface area (TPSA) is 107 Å². The number of carbonyl (C=O) groups is 1. The van der Waals surface area contributed by atoms with E-state index in [2.05, 4.69) is 25.3 Å². The summed E-state index contributed by atoms with van der Waals surface area (Å²) in [6.45, 7) is 6.85. The van der Waals surface area contributed by atoms with Gasteiger partial charge < -0.3 is 14.6 Å². The molecule has 0 unspecified atom stereocenters. The van der Waals surface area contributed by atoms with Gasteiger partial charge in [0.2, 0.25) is 0 Å². The fourth-order valence-corrected chi connectivity index (χ4v) is 4.04. The Morgan fingerprint density at radius 1 is 1.15 bits per heavy atom. The lowest BCUT2D eigenvalue weighted by atomic mass is 10.2. The minimum atomic E-state index is -2.72. The van der Waals surface area contributed by atoms with E-state index in [4.69, 9.17) is 4.74 Å². The normalized spacial score (nSPS) is 11.6. The third-order valence-electron chi connectivity index (χ3n) is 3.68. The highest BCUT2D eigenvalue weighted by Crippen LogP contribution is 2.40. The molecule has 9 heteroatoms. The summed E-state index contributed by atoms with van der Waals surface area (Å²) in [6.07, 6.45) is 5.58. The van der Waals surface area contributed by atoms with Gasteiger partial charge in [-0.2, -0.15) is 0 Å². The molecule has 3 rings (SSSR count). The quantitative estimate of drug-likeness (QED) is 0.528. The van der Waals surface area contributed by atoms with Gasteiger partial charge in [0.15, 0.2) is 0 Å². The minimum Gasteiger partial charge on any atom is -0.459 e. The number of fused-ring (bicyclic) bond motifs is 1. The van der Waals surface area contributed by atoms with Crippen molar-refractivity contribution in [2.45, 2.75) is 20.0 Å². The average molecular weight is 385 g/mol. The van der Waals surface area contributed by atoms with Crippen molar-refractivity contribution >= 4 is 41.0 Å². The van der Waals surface area contributed by atoms with E-state index < -0.39 is 13.1 Å². The Bertz CT molecular complexity index is 1050. The second-order valence-electron chi connectivity index (χ2n) is 6.60. The zero-order chi connectivity index (χ0) is 19.6. The van der Waals surface area contributed by atoms with Crippen LogP contribution < -0.4 is 10.6 Å². The number of benzene rings is 1. The summed E-state index contributed by atoms with van der Waals surface area (Å²) in [5, 5.41) is 3.65. The SMILES string of the molecule is CC(C)OC(=O)c1cncnc1Nc1ccc2nccnc2c1P(C)(C)=O. The van der Waals surface area contributed by atoms with E-state index in [-0.39, 0.29) is 17.5 Å². The van der Waals surface area contributed by atoms with Crippen molar-refractivity contribution in [1.82, 2.24) is 19.9 Å². The number of carbonyl (C=O) groups excluding carboxylic acids is 1. The molecule has 0 saturated heterocycles. The largest absolute Gasteiger partial charge is 0.459 e. The number of nitrogens with zero attached hydrogens (tertiary/aromatic N) is 4. The average Bonchev–Trinajstić information content (AvgIpc) is 2.60. The van der Waals surface area contributed by atoms with Crippen molar-refractivity contribution in [3.05, 3.63) is 42.6 Å². The molecule has 1 aromatic carbocycles. The lowest BCUT2D eigenvalue weighted by Gasteiger charge is -2.17. The molecule has 3 aromatic rings. The van der Waals surface area contributed by atoms with E-state index in [0.29, 0.717) is 22.0 Å². The van der Waals surface area contributed by atoms with Crippen LogP contribution >= 0.6 is 7.14 Å². The fourth-order valence-electron chi connectivity index (χ4n) is 2.65. The number of nitrogens with one attached hydrogen (secondary N) is 1. The molecular weight excluding hydrogens is 365 g/mol. The van der Waals surface area contributed by atoms with E-state index >= 15 is 0 Å². The zero-order valence-electron chi connectivity index (χ0n) is 15.5. The van der Waals surface area contributed by atoms with Crippen LogP contribution in [0.15, 0.2) is 37.1 Å². The number of ether oxygens (including phenoxy) is 1. The Kier molecular flexibility index (Phi) is 5.19. The molecule has 1 N–H and O–H groups in total. The summed E-state index contributed by atoms with van der Waals surface area (Å²) >= 11 is 0. The fraction of sp³-hybridized carbons (Fsp3) is 0.278. The molecule has 140 valence electrons. The Hall–Kier alpha value is -2.86. The van der Waals surface area contributed by atoms with Crippen LogP contribution in [0.3, 0.4) is 0 Å². The maximum absolute atomic E-state index is 13.0. The second-order valence-corrected chi connectivity index (χ2v) is 9.75. The van der Waals surface area contributed by atoms with Gasteiger partial charge in [-0.25, -0.2) is 14.8 Å². The zero-order valence-corrected chi connectivity index (χ0v) is 16.4. The molecule has 0 radical (unpaired) electrons. The van der Waals surface area contributed by atoms with Crippen LogP contribution in [0.25, 0.3) is 11.0 Å². The molecule has 8 nitrogen and oxygen atoms in total. The number of aromatic nitrogens is 4. The van der Waals surface area contributed by atoms with Gasteiger partial charge in [0.1, 0.15) is 30.4 Å². The van der Waals surface area contributed by atoms with Crippen LogP contribution in [0.2, 0.25) is 0 Å². The van der Waals surface area contributed by atoms with Gasteiger partial charge in [0.05, 0.1) is 22.6 Å². The van der Waals surface area contributed by atoms with Crippen LogP contribution in [0.5, 0.6) is 0 Å². The van der Waals surface area contributed by atoms with E-state index in [0.717, 1.165) is 0 Å². The van der Waals surface area contributed by atoms with Gasteiger partial charge in [-0.3, -0.25) is 9.97 Å². The van der Waals surface area contributed by atoms with Crippen molar-refractivity contribution in [2.24, 2.45) is 0 Å². The Morgan fingerprint density at radius 3 is 2.59 bits per heavy atom. The Labute approximate surface area is 156 Å². The molecule has 0 aliphatic rings. The van der Waals surface area contributed by atoms with E-state index in [1.807, 2.05) is 0 Å². The number of hydrogen-bond acceptors (Lipinski definition) is 8. The summed E-state index contributed by atoms with van der Waals surface area (Å²) in [4.78, 5) is 29.0. The van der Waals surface area contributed by atoms with Crippen molar-refractivity contribution in [1.29, 1.82) is 0 Å². The molecule has 2 aromatic heterocycles. The van der Waals surface area contributed by atoms with Crippen molar-refractivity contribution in [3.63, 3.8) is 0 Å².